The summed E-state index contributed by atoms with van der Waals surface area (Å²) in [6.45, 7) is 1.90. The van der Waals surface area contributed by atoms with Gasteiger partial charge in [0.2, 0.25) is 5.91 Å². The monoisotopic (exact) mass is 155 g/mol. The molecule has 0 aliphatic carbocycles. The van der Waals surface area contributed by atoms with E-state index in [1.54, 1.807) is 0 Å². The van der Waals surface area contributed by atoms with Gasteiger partial charge in [-0.2, -0.15) is 4.80 Å². The van der Waals surface area contributed by atoms with Crippen molar-refractivity contribution in [3.8, 4) is 0 Å². The number of carbonyl (C=O) groups is 1. The molecule has 2 N–H and O–H groups in total. The van der Waals surface area contributed by atoms with Gasteiger partial charge in [-0.25, -0.2) is 0 Å². The fraction of sp³-hybridized carbons (Fsp3) is 0.600. The van der Waals surface area contributed by atoms with Crippen LogP contribution < -0.4 is 5.73 Å². The molecule has 0 radical (unpaired) electrons. The minimum Gasteiger partial charge on any atom is -0.368 e. The molecule has 0 bridgehead atoms. The van der Waals surface area contributed by atoms with E-state index in [2.05, 4.69) is 15.4 Å². The van der Waals surface area contributed by atoms with Crippen molar-refractivity contribution in [1.29, 1.82) is 0 Å². The molecule has 11 heavy (non-hydrogen) atoms. The first-order chi connectivity index (χ1) is 5.22. The lowest BCUT2D eigenvalue weighted by Crippen LogP contribution is -2.20. The summed E-state index contributed by atoms with van der Waals surface area (Å²) >= 11 is 0. The average molecular weight is 155 g/mol. The number of aryl methyl sites for hydroxylation is 1. The zero-order valence-corrected chi connectivity index (χ0v) is 6.19. The second-order valence-corrected chi connectivity index (χ2v) is 2.06. The number of hydrogen-bond donors (Lipinski definition) is 1. The van der Waals surface area contributed by atoms with Gasteiger partial charge < -0.3 is 5.73 Å². The number of carbonyl (C=O) groups excluding carboxylic acids is 1. The molecule has 0 fully saturated rings. The number of amides is 1. The van der Waals surface area contributed by atoms with Gasteiger partial charge in [0.05, 0.1) is 0 Å². The molecule has 1 aromatic heterocycles. The molecule has 1 rings (SSSR count). The highest BCUT2D eigenvalue weighted by atomic mass is 16.1. The molecule has 1 amide bonds. The third-order valence-corrected chi connectivity index (χ3v) is 1.11. The molecule has 0 atom stereocenters. The number of nitrogens with two attached hydrogens (primary N) is 1. The van der Waals surface area contributed by atoms with Crippen molar-refractivity contribution in [3.63, 3.8) is 0 Å². The van der Waals surface area contributed by atoms with E-state index in [1.807, 2.05) is 6.92 Å². The van der Waals surface area contributed by atoms with Gasteiger partial charge in [0.15, 0.2) is 5.82 Å². The number of hydrogen-bond acceptors (Lipinski definition) is 4. The highest BCUT2D eigenvalue weighted by Gasteiger charge is 2.01. The van der Waals surface area contributed by atoms with Crippen molar-refractivity contribution in [2.45, 2.75) is 19.9 Å². The fourth-order valence-electron chi connectivity index (χ4n) is 0.624. The summed E-state index contributed by atoms with van der Waals surface area (Å²) in [4.78, 5) is 11.5. The molecular weight excluding hydrogens is 146 g/mol. The molecule has 1 aromatic rings. The van der Waals surface area contributed by atoms with Crippen LogP contribution in [0.25, 0.3) is 0 Å². The predicted molar refractivity (Wildman–Crippen MR) is 36.4 cm³/mol. The topological polar surface area (TPSA) is 86.7 Å². The van der Waals surface area contributed by atoms with Crippen LogP contribution in [0.15, 0.2) is 0 Å². The zero-order valence-electron chi connectivity index (χ0n) is 6.19. The van der Waals surface area contributed by atoms with E-state index in [0.29, 0.717) is 12.2 Å². The maximum absolute atomic E-state index is 10.4. The Balaban J connectivity index is 2.65. The minimum absolute atomic E-state index is 0.00694. The molecule has 1 heterocycles. The lowest BCUT2D eigenvalue weighted by Gasteiger charge is -1.89. The maximum Gasteiger partial charge on any atom is 0.241 e. The molecular formula is C5H9N5O. The number of rotatable bonds is 3. The molecule has 0 unspecified atom stereocenters. The summed E-state index contributed by atoms with van der Waals surface area (Å²) in [5.74, 6) is 0.149. The Hall–Kier alpha value is -1.46. The van der Waals surface area contributed by atoms with Crippen LogP contribution in [0, 0.1) is 0 Å². The van der Waals surface area contributed by atoms with E-state index in [4.69, 9.17) is 5.73 Å². The largest absolute Gasteiger partial charge is 0.368 e. The molecule has 6 heteroatoms. The lowest BCUT2D eigenvalue weighted by atomic mass is 10.5. The van der Waals surface area contributed by atoms with E-state index in [0.717, 1.165) is 0 Å². The average Bonchev–Trinajstić information content (AvgIpc) is 2.34. The van der Waals surface area contributed by atoms with Gasteiger partial charge in [-0.3, -0.25) is 4.79 Å². The van der Waals surface area contributed by atoms with Crippen LogP contribution in [-0.4, -0.2) is 26.1 Å². The first kappa shape index (κ1) is 7.64. The first-order valence-corrected chi connectivity index (χ1v) is 3.27. The Labute approximate surface area is 63.4 Å². The standard InChI is InChI=1S/C5H9N5O/c1-2-5-7-9-10(8-5)3-4(6)11/h2-3H2,1H3,(H2,6,11). The molecule has 0 saturated carbocycles. The van der Waals surface area contributed by atoms with Crippen molar-refractivity contribution in [2.75, 3.05) is 0 Å². The molecule has 0 aromatic carbocycles. The second-order valence-electron chi connectivity index (χ2n) is 2.06. The summed E-state index contributed by atoms with van der Waals surface area (Å²) < 4.78 is 0. The minimum atomic E-state index is -0.468. The van der Waals surface area contributed by atoms with Crippen LogP contribution in [0.1, 0.15) is 12.7 Å². The van der Waals surface area contributed by atoms with Gasteiger partial charge in [0.1, 0.15) is 6.54 Å². The van der Waals surface area contributed by atoms with Gasteiger partial charge >= 0.3 is 0 Å². The molecule has 6 nitrogen and oxygen atoms in total. The van der Waals surface area contributed by atoms with Crippen LogP contribution in [-0.2, 0) is 17.8 Å². The lowest BCUT2D eigenvalue weighted by molar-refractivity contribution is -0.118. The van der Waals surface area contributed by atoms with Crippen LogP contribution in [0.2, 0.25) is 0 Å². The quantitative estimate of drug-likeness (QED) is 0.589. The van der Waals surface area contributed by atoms with E-state index in [-0.39, 0.29) is 6.54 Å². The number of nitrogens with zero attached hydrogens (tertiary/aromatic N) is 4. The molecule has 0 aliphatic rings. The van der Waals surface area contributed by atoms with Crippen molar-refractivity contribution in [2.24, 2.45) is 5.73 Å². The van der Waals surface area contributed by atoms with Crippen molar-refractivity contribution in [1.82, 2.24) is 20.2 Å². The van der Waals surface area contributed by atoms with Crippen LogP contribution in [0.4, 0.5) is 0 Å². The van der Waals surface area contributed by atoms with Crippen LogP contribution >= 0.6 is 0 Å². The van der Waals surface area contributed by atoms with Crippen molar-refractivity contribution < 1.29 is 4.79 Å². The van der Waals surface area contributed by atoms with Crippen molar-refractivity contribution >= 4 is 5.91 Å². The van der Waals surface area contributed by atoms with Gasteiger partial charge in [-0.05, 0) is 5.21 Å². The third kappa shape index (κ3) is 1.99. The number of tetrazole rings is 1. The van der Waals surface area contributed by atoms with Gasteiger partial charge in [0, 0.05) is 6.42 Å². The highest BCUT2D eigenvalue weighted by molar-refractivity contribution is 5.73. The maximum atomic E-state index is 10.4. The van der Waals surface area contributed by atoms with Gasteiger partial charge in [-0.15, -0.1) is 10.2 Å². The van der Waals surface area contributed by atoms with Gasteiger partial charge in [0.25, 0.3) is 0 Å². The Morgan fingerprint density at radius 2 is 2.45 bits per heavy atom. The summed E-state index contributed by atoms with van der Waals surface area (Å²) in [5.41, 5.74) is 4.91. The molecule has 0 saturated heterocycles. The highest BCUT2D eigenvalue weighted by Crippen LogP contribution is 1.85. The third-order valence-electron chi connectivity index (χ3n) is 1.11. The van der Waals surface area contributed by atoms with Crippen molar-refractivity contribution in [3.05, 3.63) is 5.82 Å². The Morgan fingerprint density at radius 3 is 2.91 bits per heavy atom. The molecule has 0 aliphatic heterocycles. The predicted octanol–water partition coefficient (Wildman–Crippen LogP) is -1.28. The smallest absolute Gasteiger partial charge is 0.241 e. The Kier molecular flexibility index (Phi) is 2.15. The summed E-state index contributed by atoms with van der Waals surface area (Å²) in [6, 6.07) is 0. The van der Waals surface area contributed by atoms with Crippen LogP contribution in [0.3, 0.4) is 0 Å². The molecule has 0 spiro atoms. The van der Waals surface area contributed by atoms with E-state index in [9.17, 15) is 4.79 Å². The Morgan fingerprint density at radius 1 is 1.73 bits per heavy atom. The van der Waals surface area contributed by atoms with E-state index >= 15 is 0 Å². The van der Waals surface area contributed by atoms with E-state index < -0.39 is 5.91 Å². The fourth-order valence-corrected chi connectivity index (χ4v) is 0.624. The SMILES string of the molecule is CCc1nnn(CC(N)=O)n1. The van der Waals surface area contributed by atoms with E-state index in [1.165, 1.54) is 4.80 Å². The van der Waals surface area contributed by atoms with Gasteiger partial charge in [-0.1, -0.05) is 6.92 Å². The first-order valence-electron chi connectivity index (χ1n) is 3.27. The Bertz CT molecular complexity index is 255. The second kappa shape index (κ2) is 3.09. The molecule has 60 valence electrons. The zero-order chi connectivity index (χ0) is 8.27. The number of aromatic nitrogens is 4. The number of primary amides is 1. The summed E-state index contributed by atoms with van der Waals surface area (Å²) in [5, 5.41) is 11.1. The van der Waals surface area contributed by atoms with Crippen LogP contribution in [0.5, 0.6) is 0 Å². The summed E-state index contributed by atoms with van der Waals surface area (Å²) in [7, 11) is 0. The normalized spacial score (nSPS) is 9.91. The summed E-state index contributed by atoms with van der Waals surface area (Å²) in [6.07, 6.45) is 0.707.